The molecule has 2 aromatic rings. The van der Waals surface area contributed by atoms with E-state index in [0.717, 1.165) is 0 Å². The van der Waals surface area contributed by atoms with Crippen molar-refractivity contribution in [3.8, 4) is 11.5 Å². The van der Waals surface area contributed by atoms with Crippen molar-refractivity contribution in [1.82, 2.24) is 5.32 Å². The lowest BCUT2D eigenvalue weighted by atomic mass is 10.2. The molecule has 2 rings (SSSR count). The Morgan fingerprint density at radius 3 is 2.58 bits per heavy atom. The van der Waals surface area contributed by atoms with Gasteiger partial charge in [0.15, 0.2) is 11.5 Å². The van der Waals surface area contributed by atoms with Crippen LogP contribution in [-0.4, -0.2) is 38.1 Å². The van der Waals surface area contributed by atoms with Gasteiger partial charge in [0, 0.05) is 24.7 Å². The van der Waals surface area contributed by atoms with Gasteiger partial charge in [-0.25, -0.2) is 0 Å². The molecule has 1 amide bonds. The van der Waals surface area contributed by atoms with Crippen molar-refractivity contribution in [3.05, 3.63) is 57.1 Å². The Balaban J connectivity index is 1.96. The summed E-state index contributed by atoms with van der Waals surface area (Å²) >= 11 is 6.08. The third-order valence-electron chi connectivity index (χ3n) is 3.52. The highest BCUT2D eigenvalue weighted by Gasteiger charge is 2.15. The average Bonchev–Trinajstić information content (AvgIpc) is 2.64. The molecule has 138 valence electrons. The summed E-state index contributed by atoms with van der Waals surface area (Å²) in [6, 6.07) is 9.30. The van der Waals surface area contributed by atoms with Gasteiger partial charge in [-0.15, -0.1) is 0 Å². The van der Waals surface area contributed by atoms with Gasteiger partial charge in [-0.05, 0) is 18.2 Å². The first-order valence-corrected chi connectivity index (χ1v) is 8.02. The SMILES string of the molecule is COc1cc(C(=O)NCCNc2ccccc2[N+](=O)[O-])cc(Cl)c1OC. The van der Waals surface area contributed by atoms with Crippen molar-refractivity contribution < 1.29 is 19.2 Å². The molecular weight excluding hydrogens is 362 g/mol. The molecule has 8 nitrogen and oxygen atoms in total. The minimum atomic E-state index is -0.466. The molecule has 0 aliphatic carbocycles. The van der Waals surface area contributed by atoms with Crippen LogP contribution in [0.1, 0.15) is 10.4 Å². The van der Waals surface area contributed by atoms with Gasteiger partial charge in [0.05, 0.1) is 24.2 Å². The first-order chi connectivity index (χ1) is 12.5. The maximum atomic E-state index is 12.2. The van der Waals surface area contributed by atoms with E-state index in [1.54, 1.807) is 18.2 Å². The van der Waals surface area contributed by atoms with Crippen LogP contribution < -0.4 is 20.1 Å². The monoisotopic (exact) mass is 379 g/mol. The number of rotatable bonds is 8. The van der Waals surface area contributed by atoms with Crippen molar-refractivity contribution in [3.63, 3.8) is 0 Å². The molecule has 0 fully saturated rings. The van der Waals surface area contributed by atoms with E-state index in [2.05, 4.69) is 10.6 Å². The molecule has 0 spiro atoms. The molecule has 0 radical (unpaired) electrons. The maximum absolute atomic E-state index is 12.2. The Labute approximate surface area is 155 Å². The fourth-order valence-corrected chi connectivity index (χ4v) is 2.59. The van der Waals surface area contributed by atoms with E-state index in [4.69, 9.17) is 21.1 Å². The van der Waals surface area contributed by atoms with E-state index in [1.165, 1.54) is 32.4 Å². The summed E-state index contributed by atoms with van der Waals surface area (Å²) in [5.41, 5.74) is 0.685. The summed E-state index contributed by atoms with van der Waals surface area (Å²) in [7, 11) is 2.91. The fraction of sp³-hybridized carbons (Fsp3) is 0.235. The number of hydrogen-bond acceptors (Lipinski definition) is 6. The minimum Gasteiger partial charge on any atom is -0.493 e. The number of carbonyl (C=O) groups excluding carboxylic acids is 1. The summed E-state index contributed by atoms with van der Waals surface area (Å²) in [6.07, 6.45) is 0. The minimum absolute atomic E-state index is 0.0227. The molecule has 0 aromatic heterocycles. The highest BCUT2D eigenvalue weighted by Crippen LogP contribution is 2.35. The third kappa shape index (κ3) is 4.54. The number of hydrogen-bond donors (Lipinski definition) is 2. The predicted octanol–water partition coefficient (Wildman–Crippen LogP) is 3.11. The summed E-state index contributed by atoms with van der Waals surface area (Å²) in [5, 5.41) is 16.8. The highest BCUT2D eigenvalue weighted by atomic mass is 35.5. The first kappa shape index (κ1) is 19.3. The summed E-state index contributed by atoms with van der Waals surface area (Å²) in [4.78, 5) is 22.7. The number of amides is 1. The van der Waals surface area contributed by atoms with Crippen LogP contribution in [-0.2, 0) is 0 Å². The summed E-state index contributed by atoms with van der Waals surface area (Å²) in [6.45, 7) is 0.578. The van der Waals surface area contributed by atoms with Crippen LogP contribution in [0.15, 0.2) is 36.4 Å². The lowest BCUT2D eigenvalue weighted by Gasteiger charge is -2.12. The smallest absolute Gasteiger partial charge is 0.292 e. The number of methoxy groups -OCH3 is 2. The predicted molar refractivity (Wildman–Crippen MR) is 98.5 cm³/mol. The van der Waals surface area contributed by atoms with Gasteiger partial charge in [-0.1, -0.05) is 23.7 Å². The van der Waals surface area contributed by atoms with Crippen molar-refractivity contribution in [2.75, 3.05) is 32.6 Å². The molecule has 0 unspecified atom stereocenters. The zero-order chi connectivity index (χ0) is 19.1. The standard InChI is InChI=1S/C17H18ClN3O5/c1-25-15-10-11(9-12(18)16(15)26-2)17(22)20-8-7-19-13-5-3-4-6-14(13)21(23)24/h3-6,9-10,19H,7-8H2,1-2H3,(H,20,22). The Bertz CT molecular complexity index is 813. The second-order valence-corrected chi connectivity index (χ2v) is 5.56. The number of ether oxygens (including phenoxy) is 2. The molecule has 2 N–H and O–H groups in total. The Kier molecular flexibility index (Phi) is 6.62. The summed E-state index contributed by atoms with van der Waals surface area (Å²) in [5.74, 6) is 0.351. The first-order valence-electron chi connectivity index (χ1n) is 7.65. The Hall–Kier alpha value is -3.00. The number of nitro groups is 1. The molecule has 9 heteroatoms. The largest absolute Gasteiger partial charge is 0.493 e. The molecule has 0 saturated heterocycles. The van der Waals surface area contributed by atoms with Gasteiger partial charge >= 0.3 is 0 Å². The number of nitrogens with zero attached hydrogens (tertiary/aromatic N) is 1. The van der Waals surface area contributed by atoms with Crippen LogP contribution in [0.25, 0.3) is 0 Å². The molecule has 0 saturated carbocycles. The molecule has 0 atom stereocenters. The van der Waals surface area contributed by atoms with Crippen molar-refractivity contribution in [2.45, 2.75) is 0 Å². The lowest BCUT2D eigenvalue weighted by Crippen LogP contribution is -2.28. The maximum Gasteiger partial charge on any atom is 0.292 e. The molecule has 2 aromatic carbocycles. The van der Waals surface area contributed by atoms with Crippen molar-refractivity contribution in [2.24, 2.45) is 0 Å². The molecule has 0 heterocycles. The van der Waals surface area contributed by atoms with Gasteiger partial charge in [-0.3, -0.25) is 14.9 Å². The zero-order valence-electron chi connectivity index (χ0n) is 14.2. The Morgan fingerprint density at radius 1 is 1.19 bits per heavy atom. The molecule has 0 aliphatic heterocycles. The number of halogens is 1. The van der Waals surface area contributed by atoms with Crippen molar-refractivity contribution in [1.29, 1.82) is 0 Å². The van der Waals surface area contributed by atoms with Gasteiger partial charge in [0.25, 0.3) is 11.6 Å². The molecule has 0 bridgehead atoms. The van der Waals surface area contributed by atoms with Crippen LogP contribution in [0, 0.1) is 10.1 Å². The van der Waals surface area contributed by atoms with E-state index >= 15 is 0 Å². The van der Waals surface area contributed by atoms with Crippen LogP contribution in [0.3, 0.4) is 0 Å². The van der Waals surface area contributed by atoms with E-state index in [-0.39, 0.29) is 23.2 Å². The number of para-hydroxylation sites is 2. The van der Waals surface area contributed by atoms with Crippen LogP contribution in [0.2, 0.25) is 5.02 Å². The van der Waals surface area contributed by atoms with Gasteiger partial charge in [0.1, 0.15) is 5.69 Å². The zero-order valence-corrected chi connectivity index (χ0v) is 15.0. The second-order valence-electron chi connectivity index (χ2n) is 5.15. The fourth-order valence-electron chi connectivity index (χ4n) is 2.31. The van der Waals surface area contributed by atoms with Crippen molar-refractivity contribution >= 4 is 28.9 Å². The number of nitrogens with one attached hydrogen (secondary N) is 2. The van der Waals surface area contributed by atoms with Crippen LogP contribution in [0.5, 0.6) is 11.5 Å². The van der Waals surface area contributed by atoms with Crippen LogP contribution in [0.4, 0.5) is 11.4 Å². The van der Waals surface area contributed by atoms with E-state index < -0.39 is 4.92 Å². The van der Waals surface area contributed by atoms with E-state index in [9.17, 15) is 14.9 Å². The summed E-state index contributed by atoms with van der Waals surface area (Å²) < 4.78 is 10.3. The molecule has 0 aliphatic rings. The van der Waals surface area contributed by atoms with Gasteiger partial charge in [-0.2, -0.15) is 0 Å². The number of nitro benzene ring substituents is 1. The van der Waals surface area contributed by atoms with E-state index in [0.29, 0.717) is 29.3 Å². The number of carbonyl (C=O) groups is 1. The number of benzene rings is 2. The quantitative estimate of drug-likeness (QED) is 0.415. The lowest BCUT2D eigenvalue weighted by molar-refractivity contribution is -0.384. The average molecular weight is 380 g/mol. The van der Waals surface area contributed by atoms with Gasteiger partial charge in [0.2, 0.25) is 0 Å². The molecule has 26 heavy (non-hydrogen) atoms. The van der Waals surface area contributed by atoms with Gasteiger partial charge < -0.3 is 20.1 Å². The Morgan fingerprint density at radius 2 is 1.92 bits per heavy atom. The third-order valence-corrected chi connectivity index (χ3v) is 3.80. The normalized spacial score (nSPS) is 10.1. The topological polar surface area (TPSA) is 103 Å². The van der Waals surface area contributed by atoms with Crippen LogP contribution >= 0.6 is 11.6 Å². The highest BCUT2D eigenvalue weighted by molar-refractivity contribution is 6.32. The van der Waals surface area contributed by atoms with E-state index in [1.807, 2.05) is 0 Å². The second kappa shape index (κ2) is 8.91. The number of anilines is 1. The molecular formula is C17H18ClN3O5.